The van der Waals surface area contributed by atoms with Gasteiger partial charge in [0, 0.05) is 12.2 Å². The molecule has 0 radical (unpaired) electrons. The van der Waals surface area contributed by atoms with Gasteiger partial charge in [0.25, 0.3) is 5.91 Å². The van der Waals surface area contributed by atoms with Gasteiger partial charge in [-0.1, -0.05) is 13.8 Å². The molecule has 0 fully saturated rings. The molecule has 1 rings (SSSR count). The Morgan fingerprint density at radius 1 is 1.29 bits per heavy atom. The second kappa shape index (κ2) is 7.52. The van der Waals surface area contributed by atoms with Crippen LogP contribution in [0.4, 0.5) is 5.69 Å². The number of hydrogen-bond donors (Lipinski definition) is 2. The summed E-state index contributed by atoms with van der Waals surface area (Å²) in [4.78, 5) is 23.8. The maximum Gasteiger partial charge on any atom is 0.341 e. The molecule has 0 heterocycles. The molecule has 3 N–H and O–H groups in total. The molecule has 116 valence electrons. The monoisotopic (exact) mass is 294 g/mol. The van der Waals surface area contributed by atoms with E-state index in [1.54, 1.807) is 12.1 Å². The number of benzene rings is 1. The van der Waals surface area contributed by atoms with E-state index < -0.39 is 12.1 Å². The van der Waals surface area contributed by atoms with E-state index in [0.29, 0.717) is 18.2 Å². The van der Waals surface area contributed by atoms with Gasteiger partial charge in [-0.2, -0.15) is 0 Å². The van der Waals surface area contributed by atoms with Crippen molar-refractivity contribution in [2.45, 2.75) is 26.9 Å². The maximum atomic E-state index is 12.0. The smallest absolute Gasteiger partial charge is 0.341 e. The van der Waals surface area contributed by atoms with Crippen molar-refractivity contribution >= 4 is 17.6 Å². The van der Waals surface area contributed by atoms with Crippen molar-refractivity contribution in [3.05, 3.63) is 23.8 Å². The van der Waals surface area contributed by atoms with E-state index in [4.69, 9.17) is 15.2 Å². The van der Waals surface area contributed by atoms with Gasteiger partial charge in [-0.25, -0.2) is 4.79 Å². The van der Waals surface area contributed by atoms with E-state index in [-0.39, 0.29) is 17.2 Å². The molecular formula is C15H22N2O4. The van der Waals surface area contributed by atoms with Crippen LogP contribution in [0.5, 0.6) is 5.75 Å². The van der Waals surface area contributed by atoms with Crippen LogP contribution in [0.1, 0.15) is 31.1 Å². The average molecular weight is 294 g/mol. The molecule has 0 aromatic heterocycles. The van der Waals surface area contributed by atoms with Crippen LogP contribution in [0.25, 0.3) is 0 Å². The molecule has 6 nitrogen and oxygen atoms in total. The van der Waals surface area contributed by atoms with Crippen molar-refractivity contribution in [1.29, 1.82) is 0 Å². The Hall–Kier alpha value is -2.24. The summed E-state index contributed by atoms with van der Waals surface area (Å²) in [6.07, 6.45) is -0.887. The van der Waals surface area contributed by atoms with Gasteiger partial charge in [-0.15, -0.1) is 0 Å². The molecule has 1 unspecified atom stereocenters. The highest BCUT2D eigenvalue weighted by molar-refractivity contribution is 5.97. The van der Waals surface area contributed by atoms with Crippen molar-refractivity contribution < 1.29 is 19.1 Å². The Bertz CT molecular complexity index is 514. The lowest BCUT2D eigenvalue weighted by molar-refractivity contribution is -0.129. The lowest BCUT2D eigenvalue weighted by atomic mass is 10.1. The number of ether oxygens (including phenoxy) is 2. The minimum atomic E-state index is -0.887. The fourth-order valence-electron chi connectivity index (χ4n) is 1.57. The third-order valence-electron chi connectivity index (χ3n) is 2.82. The Morgan fingerprint density at radius 3 is 2.52 bits per heavy atom. The van der Waals surface area contributed by atoms with E-state index in [1.807, 2.05) is 13.8 Å². The number of nitrogen functional groups attached to an aromatic ring is 1. The van der Waals surface area contributed by atoms with E-state index in [0.717, 1.165) is 0 Å². The molecule has 0 bridgehead atoms. The van der Waals surface area contributed by atoms with Crippen LogP contribution >= 0.6 is 0 Å². The fraction of sp³-hybridized carbons (Fsp3) is 0.467. The molecule has 6 heteroatoms. The molecule has 1 aromatic carbocycles. The Morgan fingerprint density at radius 2 is 1.95 bits per heavy atom. The lowest BCUT2D eigenvalue weighted by Crippen LogP contribution is -2.37. The van der Waals surface area contributed by atoms with Crippen LogP contribution in [0.2, 0.25) is 0 Å². The number of amides is 1. The third-order valence-corrected chi connectivity index (χ3v) is 2.82. The second-order valence-electron chi connectivity index (χ2n) is 5.14. The highest BCUT2D eigenvalue weighted by Crippen LogP contribution is 2.20. The molecule has 1 atom stereocenters. The van der Waals surface area contributed by atoms with Gasteiger partial charge >= 0.3 is 5.97 Å². The number of methoxy groups -OCH3 is 1. The van der Waals surface area contributed by atoms with Crippen LogP contribution in [0.3, 0.4) is 0 Å². The van der Waals surface area contributed by atoms with Gasteiger partial charge in [0.1, 0.15) is 5.75 Å². The summed E-state index contributed by atoms with van der Waals surface area (Å²) in [5.41, 5.74) is 6.19. The number of hydrogen-bond acceptors (Lipinski definition) is 5. The Balaban J connectivity index is 2.70. The van der Waals surface area contributed by atoms with Crippen molar-refractivity contribution in [3.63, 3.8) is 0 Å². The zero-order valence-corrected chi connectivity index (χ0v) is 12.8. The van der Waals surface area contributed by atoms with Gasteiger partial charge in [0.05, 0.1) is 12.7 Å². The third kappa shape index (κ3) is 4.98. The number of esters is 1. The minimum Gasteiger partial charge on any atom is -0.497 e. The fourth-order valence-corrected chi connectivity index (χ4v) is 1.57. The summed E-state index contributed by atoms with van der Waals surface area (Å²) in [5, 5.41) is 2.70. The molecule has 0 aliphatic heterocycles. The highest BCUT2D eigenvalue weighted by Gasteiger charge is 2.20. The summed E-state index contributed by atoms with van der Waals surface area (Å²) in [6, 6.07) is 4.68. The number of anilines is 1. The molecule has 0 spiro atoms. The first-order valence-corrected chi connectivity index (χ1v) is 6.77. The first kappa shape index (κ1) is 16.8. The van der Waals surface area contributed by atoms with Crippen molar-refractivity contribution in [2.75, 3.05) is 19.4 Å². The number of nitrogens with one attached hydrogen (secondary N) is 1. The van der Waals surface area contributed by atoms with Crippen LogP contribution in [-0.2, 0) is 9.53 Å². The molecule has 21 heavy (non-hydrogen) atoms. The molecule has 0 saturated carbocycles. The number of nitrogens with two attached hydrogens (primary N) is 1. The molecule has 1 amide bonds. The van der Waals surface area contributed by atoms with Gasteiger partial charge < -0.3 is 20.5 Å². The quantitative estimate of drug-likeness (QED) is 0.614. The zero-order valence-electron chi connectivity index (χ0n) is 12.8. The number of carbonyl (C=O) groups excluding carboxylic acids is 2. The van der Waals surface area contributed by atoms with Gasteiger partial charge in [-0.3, -0.25) is 4.79 Å². The molecule has 0 aliphatic rings. The maximum absolute atomic E-state index is 12.0. The van der Waals surface area contributed by atoms with Crippen LogP contribution in [0.15, 0.2) is 18.2 Å². The van der Waals surface area contributed by atoms with E-state index in [9.17, 15) is 9.59 Å². The van der Waals surface area contributed by atoms with E-state index in [2.05, 4.69) is 5.32 Å². The largest absolute Gasteiger partial charge is 0.497 e. The highest BCUT2D eigenvalue weighted by atomic mass is 16.5. The Labute approximate surface area is 124 Å². The summed E-state index contributed by atoms with van der Waals surface area (Å²) in [6.45, 7) is 6.01. The predicted octanol–water partition coefficient (Wildman–Crippen LogP) is 1.59. The lowest BCUT2D eigenvalue weighted by Gasteiger charge is -2.15. The average Bonchev–Trinajstić information content (AvgIpc) is 2.44. The van der Waals surface area contributed by atoms with E-state index >= 15 is 0 Å². The molecule has 0 saturated heterocycles. The summed E-state index contributed by atoms with van der Waals surface area (Å²) < 4.78 is 10.2. The predicted molar refractivity (Wildman–Crippen MR) is 80.1 cm³/mol. The van der Waals surface area contributed by atoms with E-state index in [1.165, 1.54) is 20.1 Å². The summed E-state index contributed by atoms with van der Waals surface area (Å²) >= 11 is 0. The normalized spacial score (nSPS) is 11.9. The van der Waals surface area contributed by atoms with Crippen LogP contribution in [-0.4, -0.2) is 31.6 Å². The summed E-state index contributed by atoms with van der Waals surface area (Å²) in [5.74, 6) is -0.170. The second-order valence-corrected chi connectivity index (χ2v) is 5.14. The van der Waals surface area contributed by atoms with Crippen molar-refractivity contribution in [3.8, 4) is 5.75 Å². The molecule has 1 aromatic rings. The van der Waals surface area contributed by atoms with Crippen molar-refractivity contribution in [1.82, 2.24) is 5.32 Å². The topological polar surface area (TPSA) is 90.7 Å². The zero-order chi connectivity index (χ0) is 16.0. The Kier molecular flexibility index (Phi) is 6.02. The van der Waals surface area contributed by atoms with Gasteiger partial charge in [-0.05, 0) is 31.0 Å². The SMILES string of the molecule is COc1ccc(N)c(C(=O)OC(C)C(=O)NCC(C)C)c1. The number of rotatable bonds is 6. The molecule has 0 aliphatic carbocycles. The van der Waals surface area contributed by atoms with Gasteiger partial charge in [0.2, 0.25) is 0 Å². The minimum absolute atomic E-state index is 0.179. The van der Waals surface area contributed by atoms with Crippen LogP contribution in [0, 0.1) is 5.92 Å². The van der Waals surface area contributed by atoms with Crippen LogP contribution < -0.4 is 15.8 Å². The van der Waals surface area contributed by atoms with Crippen molar-refractivity contribution in [2.24, 2.45) is 5.92 Å². The standard InChI is InChI=1S/C15H22N2O4/c1-9(2)8-17-14(18)10(3)21-15(19)12-7-11(20-4)5-6-13(12)16/h5-7,9-10H,8,16H2,1-4H3,(H,17,18). The summed E-state index contributed by atoms with van der Waals surface area (Å²) in [7, 11) is 1.49. The van der Waals surface area contributed by atoms with Gasteiger partial charge in [0.15, 0.2) is 6.10 Å². The number of carbonyl (C=O) groups is 2. The molecular weight excluding hydrogens is 272 g/mol. The first-order chi connectivity index (χ1) is 9.85. The first-order valence-electron chi connectivity index (χ1n) is 6.77.